The van der Waals surface area contributed by atoms with Crippen molar-refractivity contribution >= 4 is 23.1 Å². The fourth-order valence-electron chi connectivity index (χ4n) is 1.28. The molecule has 0 aromatic heterocycles. The van der Waals surface area contributed by atoms with Crippen LogP contribution in [0.2, 0.25) is 0 Å². The molecule has 0 aliphatic carbocycles. The number of rotatable bonds is 6. The molecule has 0 unspecified atom stereocenters. The number of nitrogens with zero attached hydrogens (tertiary/aromatic N) is 1. The van der Waals surface area contributed by atoms with Crippen molar-refractivity contribution in [1.29, 1.82) is 0 Å². The third-order valence-corrected chi connectivity index (χ3v) is 3.27. The van der Waals surface area contributed by atoms with E-state index in [9.17, 15) is 10.1 Å². The van der Waals surface area contributed by atoms with Gasteiger partial charge in [0.2, 0.25) is 0 Å². The maximum atomic E-state index is 10.6. The minimum atomic E-state index is -0.395. The van der Waals surface area contributed by atoms with E-state index in [-0.39, 0.29) is 5.69 Å². The maximum Gasteiger partial charge on any atom is 0.269 e. The van der Waals surface area contributed by atoms with E-state index in [0.717, 1.165) is 29.2 Å². The van der Waals surface area contributed by atoms with Gasteiger partial charge in [-0.05, 0) is 23.8 Å². The topological polar surface area (TPSA) is 81.2 Å². The molecule has 0 amide bonds. The average molecular weight is 241 g/mol. The van der Waals surface area contributed by atoms with E-state index in [1.165, 1.54) is 6.07 Å². The number of nitrogens with one attached hydrogen (secondary N) is 1. The normalized spacial score (nSPS) is 10.1. The van der Waals surface area contributed by atoms with Gasteiger partial charge in [-0.3, -0.25) is 16.0 Å². The van der Waals surface area contributed by atoms with Crippen molar-refractivity contribution in [1.82, 2.24) is 0 Å². The van der Waals surface area contributed by atoms with Crippen LogP contribution in [-0.4, -0.2) is 10.7 Å². The summed E-state index contributed by atoms with van der Waals surface area (Å²) in [5.41, 5.74) is 4.27. The number of nitro groups is 1. The summed E-state index contributed by atoms with van der Waals surface area (Å²) >= 11 is 1.74. The number of anilines is 1. The molecule has 0 bridgehead atoms. The Kier molecular flexibility index (Phi) is 5.07. The van der Waals surface area contributed by atoms with Crippen LogP contribution in [0, 0.1) is 10.1 Å². The van der Waals surface area contributed by atoms with Crippen LogP contribution < -0.4 is 11.3 Å². The molecule has 88 valence electrons. The second-order valence-corrected chi connectivity index (χ2v) is 4.40. The Balaban J connectivity index is 2.84. The Morgan fingerprint density at radius 2 is 2.31 bits per heavy atom. The Labute approximate surface area is 98.5 Å². The summed E-state index contributed by atoms with van der Waals surface area (Å²) in [7, 11) is 0. The number of thioether (sulfide) groups is 1. The summed E-state index contributed by atoms with van der Waals surface area (Å²) in [4.78, 5) is 10.2. The molecule has 3 N–H and O–H groups in total. The lowest BCUT2D eigenvalue weighted by Crippen LogP contribution is -2.09. The zero-order valence-corrected chi connectivity index (χ0v) is 9.92. The van der Waals surface area contributed by atoms with Crippen LogP contribution in [-0.2, 0) is 5.75 Å². The highest BCUT2D eigenvalue weighted by molar-refractivity contribution is 7.98. The van der Waals surface area contributed by atoms with Crippen LogP contribution in [0.3, 0.4) is 0 Å². The van der Waals surface area contributed by atoms with Crippen LogP contribution in [0.25, 0.3) is 0 Å². The van der Waals surface area contributed by atoms with Crippen molar-refractivity contribution in [2.45, 2.75) is 19.1 Å². The largest absolute Gasteiger partial charge is 0.324 e. The number of hydrazine groups is 1. The van der Waals surface area contributed by atoms with Gasteiger partial charge in [0.25, 0.3) is 5.69 Å². The summed E-state index contributed by atoms with van der Waals surface area (Å²) in [6, 6.07) is 4.65. The number of hydrogen-bond donors (Lipinski definition) is 2. The van der Waals surface area contributed by atoms with E-state index in [1.807, 2.05) is 0 Å². The SMILES string of the molecule is CCCSCc1cc([N+](=O)[O-])ccc1NN. The van der Waals surface area contributed by atoms with Crippen LogP contribution >= 0.6 is 11.8 Å². The van der Waals surface area contributed by atoms with Gasteiger partial charge in [-0.2, -0.15) is 11.8 Å². The van der Waals surface area contributed by atoms with Crippen molar-refractivity contribution < 1.29 is 4.92 Å². The van der Waals surface area contributed by atoms with Crippen LogP contribution in [0.5, 0.6) is 0 Å². The van der Waals surface area contributed by atoms with Crippen LogP contribution in [0.4, 0.5) is 11.4 Å². The second kappa shape index (κ2) is 6.34. The first-order valence-corrected chi connectivity index (χ1v) is 6.16. The lowest BCUT2D eigenvalue weighted by molar-refractivity contribution is -0.384. The first kappa shape index (κ1) is 12.8. The van der Waals surface area contributed by atoms with E-state index in [4.69, 9.17) is 5.84 Å². The number of non-ortho nitro benzene ring substituents is 1. The number of benzene rings is 1. The van der Waals surface area contributed by atoms with Crippen molar-refractivity contribution in [3.05, 3.63) is 33.9 Å². The molecule has 1 aromatic carbocycles. The highest BCUT2D eigenvalue weighted by Gasteiger charge is 2.09. The van der Waals surface area contributed by atoms with Gasteiger partial charge >= 0.3 is 0 Å². The summed E-state index contributed by atoms with van der Waals surface area (Å²) in [6.45, 7) is 2.10. The van der Waals surface area contributed by atoms with Gasteiger partial charge in [-0.1, -0.05) is 6.92 Å². The van der Waals surface area contributed by atoms with Gasteiger partial charge < -0.3 is 5.43 Å². The third kappa shape index (κ3) is 3.39. The Bertz CT molecular complexity index is 371. The lowest BCUT2D eigenvalue weighted by Gasteiger charge is -2.08. The number of nitro benzene ring substituents is 1. The predicted octanol–water partition coefficient (Wildman–Crippen LogP) is 2.52. The molecule has 0 spiro atoms. The molecule has 0 aliphatic heterocycles. The van der Waals surface area contributed by atoms with Crippen LogP contribution in [0.15, 0.2) is 18.2 Å². The standard InChI is InChI=1S/C10H15N3O2S/c1-2-5-16-7-8-6-9(13(14)15)3-4-10(8)12-11/h3-4,6,12H,2,5,7,11H2,1H3. The van der Waals surface area contributed by atoms with Gasteiger partial charge in [0.1, 0.15) is 0 Å². The molecule has 6 heteroatoms. The zero-order valence-electron chi connectivity index (χ0n) is 9.10. The molecule has 5 nitrogen and oxygen atoms in total. The minimum Gasteiger partial charge on any atom is -0.324 e. The van der Waals surface area contributed by atoms with E-state index in [0.29, 0.717) is 0 Å². The first-order valence-electron chi connectivity index (χ1n) is 5.00. The molecular formula is C10H15N3O2S. The quantitative estimate of drug-likeness (QED) is 0.346. The van der Waals surface area contributed by atoms with Gasteiger partial charge in [0.05, 0.1) is 10.6 Å². The van der Waals surface area contributed by atoms with Crippen molar-refractivity contribution in [3.63, 3.8) is 0 Å². The lowest BCUT2D eigenvalue weighted by atomic mass is 10.2. The minimum absolute atomic E-state index is 0.103. The molecule has 1 aromatic rings. The van der Waals surface area contributed by atoms with Crippen LogP contribution in [0.1, 0.15) is 18.9 Å². The fourth-order valence-corrected chi connectivity index (χ4v) is 2.17. The average Bonchev–Trinajstić information content (AvgIpc) is 2.29. The van der Waals surface area contributed by atoms with Crippen molar-refractivity contribution in [2.75, 3.05) is 11.2 Å². The summed E-state index contributed by atoms with van der Waals surface area (Å²) in [5.74, 6) is 7.12. The summed E-state index contributed by atoms with van der Waals surface area (Å²) in [6.07, 6.45) is 1.09. The van der Waals surface area contributed by atoms with Gasteiger partial charge in [-0.15, -0.1) is 0 Å². The molecule has 16 heavy (non-hydrogen) atoms. The fraction of sp³-hybridized carbons (Fsp3) is 0.400. The maximum absolute atomic E-state index is 10.6. The molecule has 0 saturated heterocycles. The van der Waals surface area contributed by atoms with E-state index in [2.05, 4.69) is 12.3 Å². The highest BCUT2D eigenvalue weighted by atomic mass is 32.2. The van der Waals surface area contributed by atoms with Gasteiger partial charge in [-0.25, -0.2) is 0 Å². The zero-order chi connectivity index (χ0) is 12.0. The molecule has 0 radical (unpaired) electrons. The first-order chi connectivity index (χ1) is 7.69. The number of nitrogens with two attached hydrogens (primary N) is 1. The Hall–Kier alpha value is -1.27. The Morgan fingerprint density at radius 3 is 2.88 bits per heavy atom. The van der Waals surface area contributed by atoms with Gasteiger partial charge in [0.15, 0.2) is 0 Å². The molecule has 0 saturated carbocycles. The smallest absolute Gasteiger partial charge is 0.269 e. The number of hydrogen-bond acceptors (Lipinski definition) is 5. The monoisotopic (exact) mass is 241 g/mol. The molecule has 1 rings (SSSR count). The van der Waals surface area contributed by atoms with Crippen molar-refractivity contribution in [2.24, 2.45) is 5.84 Å². The Morgan fingerprint density at radius 1 is 1.56 bits per heavy atom. The molecule has 0 fully saturated rings. The number of nitrogen functional groups attached to an aromatic ring is 1. The molecule has 0 aliphatic rings. The van der Waals surface area contributed by atoms with E-state index >= 15 is 0 Å². The molecular weight excluding hydrogens is 226 g/mol. The molecule has 0 heterocycles. The summed E-state index contributed by atoms with van der Waals surface area (Å²) < 4.78 is 0. The van der Waals surface area contributed by atoms with E-state index < -0.39 is 4.92 Å². The second-order valence-electron chi connectivity index (χ2n) is 3.30. The van der Waals surface area contributed by atoms with E-state index in [1.54, 1.807) is 23.9 Å². The summed E-state index contributed by atoms with van der Waals surface area (Å²) in [5, 5.41) is 10.6. The predicted molar refractivity (Wildman–Crippen MR) is 67.4 cm³/mol. The highest BCUT2D eigenvalue weighted by Crippen LogP contribution is 2.25. The molecule has 0 atom stereocenters. The third-order valence-electron chi connectivity index (χ3n) is 2.06. The van der Waals surface area contributed by atoms with Crippen molar-refractivity contribution in [3.8, 4) is 0 Å². The van der Waals surface area contributed by atoms with Gasteiger partial charge in [0, 0.05) is 17.9 Å².